The van der Waals surface area contributed by atoms with Gasteiger partial charge in [-0.1, -0.05) is 5.21 Å². The number of nitrogens with one attached hydrogen (secondary N) is 1. The Morgan fingerprint density at radius 3 is 2.65 bits per heavy atom. The minimum absolute atomic E-state index is 0.113. The van der Waals surface area contributed by atoms with Gasteiger partial charge in [-0.15, -0.1) is 5.10 Å². The van der Waals surface area contributed by atoms with E-state index in [0.29, 0.717) is 5.69 Å². The van der Waals surface area contributed by atoms with E-state index in [2.05, 4.69) is 20.7 Å². The second-order valence-electron chi connectivity index (χ2n) is 3.92. The fourth-order valence-electron chi connectivity index (χ4n) is 1.47. The zero-order valence-corrected chi connectivity index (χ0v) is 9.95. The van der Waals surface area contributed by atoms with Crippen molar-refractivity contribution in [1.29, 1.82) is 0 Å². The quantitative estimate of drug-likeness (QED) is 0.813. The second kappa shape index (κ2) is 4.36. The molecule has 17 heavy (non-hydrogen) atoms. The molecule has 0 bridgehead atoms. The summed E-state index contributed by atoms with van der Waals surface area (Å²) in [4.78, 5) is 11.8. The second-order valence-corrected chi connectivity index (χ2v) is 3.92. The van der Waals surface area contributed by atoms with Gasteiger partial charge in [0.1, 0.15) is 0 Å². The highest BCUT2D eigenvalue weighted by atomic mass is 16.2. The van der Waals surface area contributed by atoms with Gasteiger partial charge in [0.05, 0.1) is 18.4 Å². The van der Waals surface area contributed by atoms with Crippen LogP contribution in [0.15, 0.2) is 18.6 Å². The number of aromatic nitrogens is 5. The molecule has 0 spiro atoms. The molecule has 1 unspecified atom stereocenters. The topological polar surface area (TPSA) is 77.6 Å². The number of amides is 1. The fourth-order valence-corrected chi connectivity index (χ4v) is 1.47. The summed E-state index contributed by atoms with van der Waals surface area (Å²) < 4.78 is 3.18. The van der Waals surface area contributed by atoms with Gasteiger partial charge >= 0.3 is 0 Å². The number of hydrogen-bond acceptors (Lipinski definition) is 4. The third kappa shape index (κ3) is 2.49. The molecule has 2 heterocycles. The molecule has 0 saturated carbocycles. The molecule has 2 aromatic heterocycles. The first-order chi connectivity index (χ1) is 8.06. The molecule has 0 fully saturated rings. The van der Waals surface area contributed by atoms with Crippen molar-refractivity contribution in [2.24, 2.45) is 14.1 Å². The molecule has 2 rings (SSSR count). The number of carbonyl (C=O) groups is 1. The highest BCUT2D eigenvalue weighted by Gasteiger charge is 2.14. The third-order valence-electron chi connectivity index (χ3n) is 2.41. The molecule has 1 N–H and O–H groups in total. The average molecular weight is 234 g/mol. The normalized spacial score (nSPS) is 12.4. The van der Waals surface area contributed by atoms with Crippen molar-refractivity contribution < 1.29 is 4.79 Å². The van der Waals surface area contributed by atoms with Crippen molar-refractivity contribution in [3.63, 3.8) is 0 Å². The van der Waals surface area contributed by atoms with E-state index in [9.17, 15) is 4.79 Å². The molecule has 0 saturated heterocycles. The third-order valence-corrected chi connectivity index (χ3v) is 2.41. The van der Waals surface area contributed by atoms with Gasteiger partial charge in [0.2, 0.25) is 0 Å². The lowest BCUT2D eigenvalue weighted by Crippen LogP contribution is -2.26. The van der Waals surface area contributed by atoms with Crippen LogP contribution in [0.1, 0.15) is 29.0 Å². The van der Waals surface area contributed by atoms with Gasteiger partial charge in [-0.3, -0.25) is 14.2 Å². The van der Waals surface area contributed by atoms with E-state index in [1.54, 1.807) is 24.1 Å². The standard InChI is InChI=1S/C10H14N6O/c1-7(8-4-11-15(2)5-8)12-10(17)9-6-16(3)14-13-9/h4-7H,1-3H3,(H,12,17). The van der Waals surface area contributed by atoms with Crippen LogP contribution in [0.4, 0.5) is 0 Å². The Labute approximate surface area is 98.4 Å². The Kier molecular flexibility index (Phi) is 2.90. The van der Waals surface area contributed by atoms with Gasteiger partial charge < -0.3 is 5.32 Å². The van der Waals surface area contributed by atoms with Crippen LogP contribution in [0.3, 0.4) is 0 Å². The molecule has 1 atom stereocenters. The van der Waals surface area contributed by atoms with Crippen LogP contribution in [0, 0.1) is 0 Å². The number of carbonyl (C=O) groups excluding carboxylic acids is 1. The molecule has 0 aromatic carbocycles. The molecular weight excluding hydrogens is 220 g/mol. The molecule has 0 aliphatic rings. The first-order valence-corrected chi connectivity index (χ1v) is 5.22. The Balaban J connectivity index is 2.04. The summed E-state index contributed by atoms with van der Waals surface area (Å²) in [5.74, 6) is -0.241. The Morgan fingerprint density at radius 1 is 1.35 bits per heavy atom. The predicted molar refractivity (Wildman–Crippen MR) is 60.1 cm³/mol. The maximum absolute atomic E-state index is 11.8. The van der Waals surface area contributed by atoms with Crippen molar-refractivity contribution in [3.05, 3.63) is 29.8 Å². The van der Waals surface area contributed by atoms with E-state index in [-0.39, 0.29) is 11.9 Å². The molecule has 7 heteroatoms. The largest absolute Gasteiger partial charge is 0.344 e. The first-order valence-electron chi connectivity index (χ1n) is 5.22. The lowest BCUT2D eigenvalue weighted by molar-refractivity contribution is 0.0934. The van der Waals surface area contributed by atoms with Crippen LogP contribution in [0.2, 0.25) is 0 Å². The van der Waals surface area contributed by atoms with E-state index < -0.39 is 0 Å². The lowest BCUT2D eigenvalue weighted by Gasteiger charge is -2.10. The maximum Gasteiger partial charge on any atom is 0.273 e. The molecule has 0 aliphatic heterocycles. The molecule has 7 nitrogen and oxygen atoms in total. The van der Waals surface area contributed by atoms with Gasteiger partial charge in [-0.2, -0.15) is 5.10 Å². The number of nitrogens with zero attached hydrogens (tertiary/aromatic N) is 5. The molecule has 0 radical (unpaired) electrons. The minimum Gasteiger partial charge on any atom is -0.344 e. The van der Waals surface area contributed by atoms with Gasteiger partial charge in [-0.25, -0.2) is 0 Å². The Hall–Kier alpha value is -2.18. The summed E-state index contributed by atoms with van der Waals surface area (Å²) in [7, 11) is 3.55. The van der Waals surface area contributed by atoms with E-state index in [0.717, 1.165) is 5.56 Å². The SMILES string of the molecule is CC(NC(=O)c1cn(C)nn1)c1cnn(C)c1. The van der Waals surface area contributed by atoms with Gasteiger partial charge in [-0.05, 0) is 6.92 Å². The van der Waals surface area contributed by atoms with Crippen molar-refractivity contribution in [2.75, 3.05) is 0 Å². The molecule has 0 aliphatic carbocycles. The first kappa shape index (κ1) is 11.3. The number of hydrogen-bond donors (Lipinski definition) is 1. The zero-order valence-electron chi connectivity index (χ0n) is 9.95. The minimum atomic E-state index is -0.241. The van der Waals surface area contributed by atoms with E-state index in [1.807, 2.05) is 20.2 Å². The fraction of sp³-hybridized carbons (Fsp3) is 0.400. The average Bonchev–Trinajstić information content (AvgIpc) is 2.87. The zero-order chi connectivity index (χ0) is 12.4. The molecular formula is C10H14N6O. The van der Waals surface area contributed by atoms with Crippen molar-refractivity contribution >= 4 is 5.91 Å². The molecule has 1 amide bonds. The van der Waals surface area contributed by atoms with E-state index in [4.69, 9.17) is 0 Å². The van der Waals surface area contributed by atoms with E-state index >= 15 is 0 Å². The van der Waals surface area contributed by atoms with Crippen molar-refractivity contribution in [3.8, 4) is 0 Å². The van der Waals surface area contributed by atoms with Crippen LogP contribution in [-0.4, -0.2) is 30.7 Å². The Bertz CT molecular complexity index is 528. The van der Waals surface area contributed by atoms with Gasteiger partial charge in [0, 0.05) is 25.9 Å². The van der Waals surface area contributed by atoms with Crippen molar-refractivity contribution in [2.45, 2.75) is 13.0 Å². The molecule has 90 valence electrons. The van der Waals surface area contributed by atoms with Crippen LogP contribution in [0.5, 0.6) is 0 Å². The summed E-state index contributed by atoms with van der Waals surface area (Å²) in [6, 6.07) is -0.113. The van der Waals surface area contributed by atoms with Crippen molar-refractivity contribution in [1.82, 2.24) is 30.1 Å². The summed E-state index contributed by atoms with van der Waals surface area (Å²) in [5, 5.41) is 14.3. The predicted octanol–water partition coefficient (Wildman–Crippen LogP) is 0.0396. The maximum atomic E-state index is 11.8. The van der Waals surface area contributed by atoms with Crippen LogP contribution in [-0.2, 0) is 14.1 Å². The lowest BCUT2D eigenvalue weighted by atomic mass is 10.2. The van der Waals surface area contributed by atoms with Gasteiger partial charge in [0.15, 0.2) is 5.69 Å². The Morgan fingerprint density at radius 2 is 2.12 bits per heavy atom. The van der Waals surface area contributed by atoms with Crippen LogP contribution < -0.4 is 5.32 Å². The smallest absolute Gasteiger partial charge is 0.273 e. The summed E-state index contributed by atoms with van der Waals surface area (Å²) in [6.45, 7) is 1.89. The number of rotatable bonds is 3. The highest BCUT2D eigenvalue weighted by Crippen LogP contribution is 2.10. The van der Waals surface area contributed by atoms with Gasteiger partial charge in [0.25, 0.3) is 5.91 Å². The van der Waals surface area contributed by atoms with Crippen LogP contribution >= 0.6 is 0 Å². The van der Waals surface area contributed by atoms with E-state index in [1.165, 1.54) is 4.68 Å². The monoisotopic (exact) mass is 234 g/mol. The summed E-state index contributed by atoms with van der Waals surface area (Å²) >= 11 is 0. The molecule has 2 aromatic rings. The highest BCUT2D eigenvalue weighted by molar-refractivity contribution is 5.92. The number of aryl methyl sites for hydroxylation is 2. The summed E-state index contributed by atoms with van der Waals surface area (Å²) in [5.41, 5.74) is 1.26. The summed E-state index contributed by atoms with van der Waals surface area (Å²) in [6.07, 6.45) is 5.16. The van der Waals surface area contributed by atoms with Crippen LogP contribution in [0.25, 0.3) is 0 Å².